The molecule has 0 aromatic heterocycles. The Hall–Kier alpha value is -0.880. The highest BCUT2D eigenvalue weighted by Crippen LogP contribution is 2.16. The number of rotatable bonds is 3. The lowest BCUT2D eigenvalue weighted by molar-refractivity contribution is 0.584. The van der Waals surface area contributed by atoms with Crippen LogP contribution in [0.5, 0.6) is 0 Å². The molecular formula is C11H13BrN2O2S. The van der Waals surface area contributed by atoms with Crippen molar-refractivity contribution in [3.8, 4) is 0 Å². The number of benzene rings is 1. The van der Waals surface area contributed by atoms with E-state index in [-0.39, 0.29) is 4.90 Å². The van der Waals surface area contributed by atoms with Crippen LogP contribution in [-0.2, 0) is 10.0 Å². The first-order chi connectivity index (χ1) is 8.08. The van der Waals surface area contributed by atoms with Crippen LogP contribution in [0.15, 0.2) is 38.7 Å². The zero-order valence-electron chi connectivity index (χ0n) is 9.19. The van der Waals surface area contributed by atoms with Crippen LogP contribution in [0.4, 0.5) is 0 Å². The van der Waals surface area contributed by atoms with Crippen LogP contribution >= 0.6 is 15.9 Å². The molecule has 0 amide bonds. The van der Waals surface area contributed by atoms with Crippen molar-refractivity contribution in [2.24, 2.45) is 5.10 Å². The Morgan fingerprint density at radius 3 is 2.29 bits per heavy atom. The molecule has 0 heterocycles. The second kappa shape index (κ2) is 5.18. The van der Waals surface area contributed by atoms with E-state index in [1.54, 1.807) is 24.3 Å². The molecule has 1 aliphatic carbocycles. The number of nitrogens with zero attached hydrogens (tertiary/aromatic N) is 1. The van der Waals surface area contributed by atoms with Gasteiger partial charge < -0.3 is 0 Å². The molecule has 4 nitrogen and oxygen atoms in total. The lowest BCUT2D eigenvalue weighted by atomic mass is 10.3. The minimum Gasteiger partial charge on any atom is -0.200 e. The van der Waals surface area contributed by atoms with Crippen molar-refractivity contribution < 1.29 is 8.42 Å². The second-order valence-electron chi connectivity index (χ2n) is 3.93. The van der Waals surface area contributed by atoms with E-state index in [2.05, 4.69) is 25.9 Å². The summed E-state index contributed by atoms with van der Waals surface area (Å²) in [6, 6.07) is 6.47. The van der Waals surface area contributed by atoms with Gasteiger partial charge in [-0.2, -0.15) is 13.5 Å². The minimum absolute atomic E-state index is 0.225. The quantitative estimate of drug-likeness (QED) is 0.871. The molecule has 1 aromatic carbocycles. The molecule has 2 rings (SSSR count). The first-order valence-electron chi connectivity index (χ1n) is 5.41. The van der Waals surface area contributed by atoms with Crippen LogP contribution < -0.4 is 4.83 Å². The van der Waals surface area contributed by atoms with Crippen molar-refractivity contribution in [3.63, 3.8) is 0 Å². The standard InChI is InChI=1S/C11H13BrN2O2S/c12-9-5-7-11(8-6-9)17(15,16)14-13-10-3-1-2-4-10/h5-8,14H,1-4H2. The topological polar surface area (TPSA) is 58.5 Å². The summed E-state index contributed by atoms with van der Waals surface area (Å²) in [5.41, 5.74) is 0.936. The van der Waals surface area contributed by atoms with Crippen LogP contribution in [0.2, 0.25) is 0 Å². The number of nitrogens with one attached hydrogen (secondary N) is 1. The molecule has 1 saturated carbocycles. The maximum Gasteiger partial charge on any atom is 0.276 e. The Morgan fingerprint density at radius 2 is 1.71 bits per heavy atom. The van der Waals surface area contributed by atoms with Crippen LogP contribution in [0, 0.1) is 0 Å². The molecule has 0 spiro atoms. The van der Waals surface area contributed by atoms with Crippen LogP contribution in [0.1, 0.15) is 25.7 Å². The fourth-order valence-corrected chi connectivity index (χ4v) is 2.80. The van der Waals surface area contributed by atoms with Gasteiger partial charge in [0.1, 0.15) is 0 Å². The third kappa shape index (κ3) is 3.29. The van der Waals surface area contributed by atoms with E-state index < -0.39 is 10.0 Å². The monoisotopic (exact) mass is 316 g/mol. The molecule has 1 fully saturated rings. The summed E-state index contributed by atoms with van der Waals surface area (Å²) in [5.74, 6) is 0. The zero-order chi connectivity index (χ0) is 12.3. The van der Waals surface area contributed by atoms with Crippen molar-refractivity contribution in [1.29, 1.82) is 0 Å². The zero-order valence-corrected chi connectivity index (χ0v) is 11.6. The molecule has 17 heavy (non-hydrogen) atoms. The lowest BCUT2D eigenvalue weighted by Crippen LogP contribution is -2.19. The Bertz CT molecular complexity index is 515. The molecule has 0 saturated heterocycles. The highest BCUT2D eigenvalue weighted by atomic mass is 79.9. The van der Waals surface area contributed by atoms with Gasteiger partial charge in [-0.25, -0.2) is 4.83 Å². The van der Waals surface area contributed by atoms with Crippen molar-refractivity contribution in [2.75, 3.05) is 0 Å². The number of hydrogen-bond acceptors (Lipinski definition) is 3. The third-order valence-corrected chi connectivity index (χ3v) is 4.38. The first-order valence-corrected chi connectivity index (χ1v) is 7.68. The molecular weight excluding hydrogens is 304 g/mol. The van der Waals surface area contributed by atoms with Gasteiger partial charge in [0.15, 0.2) is 0 Å². The molecule has 0 bridgehead atoms. The predicted octanol–water partition coefficient (Wildman–Crippen LogP) is 2.66. The Kier molecular flexibility index (Phi) is 3.83. The van der Waals surface area contributed by atoms with E-state index in [4.69, 9.17) is 0 Å². The maximum atomic E-state index is 11.9. The fourth-order valence-electron chi connectivity index (χ4n) is 1.69. The summed E-state index contributed by atoms with van der Waals surface area (Å²) < 4.78 is 24.6. The number of hydrogen-bond donors (Lipinski definition) is 1. The molecule has 1 aromatic rings. The first kappa shape index (κ1) is 12.6. The van der Waals surface area contributed by atoms with Gasteiger partial charge in [0, 0.05) is 10.2 Å². The summed E-state index contributed by atoms with van der Waals surface area (Å²) in [7, 11) is -3.52. The SMILES string of the molecule is O=S(=O)(NN=C1CCCC1)c1ccc(Br)cc1. The van der Waals surface area contributed by atoms with Crippen LogP contribution in [0.3, 0.4) is 0 Å². The van der Waals surface area contributed by atoms with Gasteiger partial charge >= 0.3 is 0 Å². The highest BCUT2D eigenvalue weighted by Gasteiger charge is 2.14. The summed E-state index contributed by atoms with van der Waals surface area (Å²) >= 11 is 3.26. The van der Waals surface area contributed by atoms with Crippen LogP contribution in [0.25, 0.3) is 0 Å². The van der Waals surface area contributed by atoms with Gasteiger partial charge in [-0.05, 0) is 49.9 Å². The Morgan fingerprint density at radius 1 is 1.12 bits per heavy atom. The molecule has 92 valence electrons. The molecule has 0 unspecified atom stereocenters. The molecule has 0 radical (unpaired) electrons. The molecule has 1 N–H and O–H groups in total. The average molecular weight is 317 g/mol. The van der Waals surface area contributed by atoms with Crippen molar-refractivity contribution in [1.82, 2.24) is 4.83 Å². The predicted molar refractivity (Wildman–Crippen MR) is 70.4 cm³/mol. The van der Waals surface area contributed by atoms with E-state index >= 15 is 0 Å². The summed E-state index contributed by atoms with van der Waals surface area (Å²) in [5, 5.41) is 3.96. The van der Waals surface area contributed by atoms with E-state index in [9.17, 15) is 8.42 Å². The van der Waals surface area contributed by atoms with Crippen molar-refractivity contribution in [3.05, 3.63) is 28.7 Å². The Balaban J connectivity index is 2.13. The summed E-state index contributed by atoms with van der Waals surface area (Å²) in [6.45, 7) is 0. The molecule has 1 aliphatic rings. The maximum absolute atomic E-state index is 11.9. The highest BCUT2D eigenvalue weighted by molar-refractivity contribution is 9.10. The molecule has 0 aliphatic heterocycles. The second-order valence-corrected chi connectivity index (χ2v) is 6.51. The minimum atomic E-state index is -3.52. The van der Waals surface area contributed by atoms with Crippen molar-refractivity contribution >= 4 is 31.7 Å². The van der Waals surface area contributed by atoms with Gasteiger partial charge in [0.2, 0.25) is 0 Å². The smallest absolute Gasteiger partial charge is 0.200 e. The van der Waals surface area contributed by atoms with Crippen LogP contribution in [-0.4, -0.2) is 14.1 Å². The largest absolute Gasteiger partial charge is 0.276 e. The van der Waals surface area contributed by atoms with Gasteiger partial charge in [-0.3, -0.25) is 0 Å². The lowest BCUT2D eigenvalue weighted by Gasteiger charge is -2.04. The summed E-state index contributed by atoms with van der Waals surface area (Å²) in [4.78, 5) is 2.51. The van der Waals surface area contributed by atoms with E-state index in [1.165, 1.54) is 0 Å². The normalized spacial score (nSPS) is 15.9. The fraction of sp³-hybridized carbons (Fsp3) is 0.364. The number of hydrazone groups is 1. The number of sulfonamides is 1. The van der Waals surface area contributed by atoms with E-state index in [1.807, 2.05) is 0 Å². The molecule has 6 heteroatoms. The average Bonchev–Trinajstić information content (AvgIpc) is 2.80. The van der Waals surface area contributed by atoms with Crippen molar-refractivity contribution in [2.45, 2.75) is 30.6 Å². The Labute approximate surface area is 109 Å². The van der Waals surface area contributed by atoms with Gasteiger partial charge in [-0.1, -0.05) is 15.9 Å². The molecule has 0 atom stereocenters. The van der Waals surface area contributed by atoms with Gasteiger partial charge in [0.05, 0.1) is 4.90 Å². The van der Waals surface area contributed by atoms with E-state index in [0.29, 0.717) is 0 Å². The number of halogens is 1. The van der Waals surface area contributed by atoms with E-state index in [0.717, 1.165) is 35.9 Å². The third-order valence-electron chi connectivity index (χ3n) is 2.63. The summed E-state index contributed by atoms with van der Waals surface area (Å²) in [6.07, 6.45) is 3.98. The van der Waals surface area contributed by atoms with Gasteiger partial charge in [0.25, 0.3) is 10.0 Å². The van der Waals surface area contributed by atoms with Gasteiger partial charge in [-0.15, -0.1) is 0 Å².